The van der Waals surface area contributed by atoms with Gasteiger partial charge in [-0.2, -0.15) is 0 Å². The first-order valence-corrected chi connectivity index (χ1v) is 12.0. The van der Waals surface area contributed by atoms with Crippen LogP contribution < -0.4 is 10.6 Å². The summed E-state index contributed by atoms with van der Waals surface area (Å²) in [5, 5.41) is 6.50. The minimum absolute atomic E-state index is 0.101. The summed E-state index contributed by atoms with van der Waals surface area (Å²) in [6.45, 7) is 6.20. The molecule has 3 aromatic rings. The molecule has 1 fully saturated rings. The number of oxazole rings is 1. The second-order valence-corrected chi connectivity index (χ2v) is 9.39. The Morgan fingerprint density at radius 3 is 2.78 bits per heavy atom. The van der Waals surface area contributed by atoms with E-state index in [9.17, 15) is 4.79 Å². The van der Waals surface area contributed by atoms with Gasteiger partial charge in [0.05, 0.1) is 15.1 Å². The number of anilines is 1. The van der Waals surface area contributed by atoms with Crippen molar-refractivity contribution >= 4 is 54.7 Å². The van der Waals surface area contributed by atoms with Gasteiger partial charge in [-0.05, 0) is 85.2 Å². The van der Waals surface area contributed by atoms with Gasteiger partial charge >= 0.3 is 0 Å². The molecule has 0 aliphatic carbocycles. The molecule has 7 nitrogen and oxygen atoms in total. The first-order valence-electron chi connectivity index (χ1n) is 10.9. The van der Waals surface area contributed by atoms with Crippen LogP contribution in [-0.4, -0.2) is 40.4 Å². The number of hydrogen-bond acceptors (Lipinski definition) is 6. The summed E-state index contributed by atoms with van der Waals surface area (Å²) in [7, 11) is 0. The number of nitrogens with one attached hydrogen (secondary N) is 2. The monoisotopic (exact) mass is 546 g/mol. The molecule has 0 bridgehead atoms. The predicted octanol–water partition coefficient (Wildman–Crippen LogP) is 5.71. The average molecular weight is 546 g/mol. The fraction of sp³-hybridized carbons (Fsp3) is 0.375. The summed E-state index contributed by atoms with van der Waals surface area (Å²) < 4.78 is 12.4. The van der Waals surface area contributed by atoms with Crippen LogP contribution in [0.15, 0.2) is 45.8 Å². The van der Waals surface area contributed by atoms with E-state index in [1.54, 1.807) is 18.2 Å². The maximum Gasteiger partial charge on any atom is 0.251 e. The van der Waals surface area contributed by atoms with Crippen molar-refractivity contribution in [2.45, 2.75) is 39.2 Å². The minimum Gasteiger partial charge on any atom is -0.436 e. The summed E-state index contributed by atoms with van der Waals surface area (Å²) in [4.78, 5) is 21.6. The first kappa shape index (κ1) is 22.7. The van der Waals surface area contributed by atoms with Gasteiger partial charge in [0.1, 0.15) is 5.52 Å². The van der Waals surface area contributed by atoms with Gasteiger partial charge in [0, 0.05) is 36.9 Å². The number of ether oxygens (including phenoxy) is 1. The topological polar surface area (TPSA) is 88.8 Å². The second-order valence-electron chi connectivity index (χ2n) is 7.83. The van der Waals surface area contributed by atoms with Crippen LogP contribution in [0.1, 0.15) is 43.5 Å². The Hall–Kier alpha value is -2.46. The highest BCUT2D eigenvalue weighted by Gasteiger charge is 2.17. The second kappa shape index (κ2) is 10.4. The van der Waals surface area contributed by atoms with E-state index in [4.69, 9.17) is 14.1 Å². The van der Waals surface area contributed by atoms with E-state index in [2.05, 4.69) is 38.2 Å². The fourth-order valence-electron chi connectivity index (χ4n) is 3.64. The number of carbonyl (C=O) groups excluding carboxylic acids is 1. The summed E-state index contributed by atoms with van der Waals surface area (Å²) >= 11 is 2.22. The molecular weight excluding hydrogens is 519 g/mol. The van der Waals surface area contributed by atoms with Crippen LogP contribution in [0.25, 0.3) is 22.6 Å². The highest BCUT2D eigenvalue weighted by atomic mass is 127. The lowest BCUT2D eigenvalue weighted by molar-refractivity contribution is 0.0904. The molecule has 0 spiro atoms. The van der Waals surface area contributed by atoms with Crippen LogP contribution in [0.4, 0.5) is 11.4 Å². The minimum atomic E-state index is -0.101. The van der Waals surface area contributed by atoms with Crippen molar-refractivity contribution in [1.82, 2.24) is 10.3 Å². The summed E-state index contributed by atoms with van der Waals surface area (Å²) in [6.07, 6.45) is 2.85. The van der Waals surface area contributed by atoms with E-state index in [1.165, 1.54) is 0 Å². The molecule has 0 atom stereocenters. The number of amides is 1. The third-order valence-corrected chi connectivity index (χ3v) is 5.53. The van der Waals surface area contributed by atoms with Crippen molar-refractivity contribution in [3.8, 4) is 11.5 Å². The number of aromatic nitrogens is 1. The van der Waals surface area contributed by atoms with Gasteiger partial charge in [0.25, 0.3) is 5.91 Å². The molecule has 1 aromatic heterocycles. The third kappa shape index (κ3) is 5.47. The summed E-state index contributed by atoms with van der Waals surface area (Å²) in [5.41, 5.74) is 4.56. The highest BCUT2D eigenvalue weighted by molar-refractivity contribution is 14.1. The highest BCUT2D eigenvalue weighted by Crippen LogP contribution is 2.34. The lowest BCUT2D eigenvalue weighted by Crippen LogP contribution is -2.27. The predicted molar refractivity (Wildman–Crippen MR) is 136 cm³/mol. The Kier molecular flexibility index (Phi) is 7.41. The van der Waals surface area contributed by atoms with Gasteiger partial charge in [-0.15, -0.1) is 0 Å². The molecule has 1 aliphatic rings. The van der Waals surface area contributed by atoms with E-state index in [-0.39, 0.29) is 5.91 Å². The first-order chi connectivity index (χ1) is 15.5. The molecule has 2 N–H and O–H groups in total. The van der Waals surface area contributed by atoms with Crippen molar-refractivity contribution in [3.63, 3.8) is 0 Å². The average Bonchev–Trinajstić information content (AvgIpc) is 3.22. The summed E-state index contributed by atoms with van der Waals surface area (Å²) in [6, 6.07) is 11.7. The van der Waals surface area contributed by atoms with Crippen molar-refractivity contribution in [2.24, 2.45) is 4.99 Å². The zero-order valence-corrected chi connectivity index (χ0v) is 20.4. The molecule has 168 valence electrons. The van der Waals surface area contributed by atoms with Crippen molar-refractivity contribution in [3.05, 3.63) is 42.0 Å². The van der Waals surface area contributed by atoms with Gasteiger partial charge in [0.2, 0.25) is 5.89 Å². The Labute approximate surface area is 201 Å². The van der Waals surface area contributed by atoms with Gasteiger partial charge in [0.15, 0.2) is 5.58 Å². The molecule has 0 saturated carbocycles. The van der Waals surface area contributed by atoms with Crippen LogP contribution in [0.3, 0.4) is 0 Å². The molecule has 2 heterocycles. The van der Waals surface area contributed by atoms with E-state index < -0.39 is 0 Å². The SMILES string of the molecule is CCCNC(=O)c1ccc2oc(-c3ccc(NC4CCOCC4)c(/N=C(/C)I)c3)nc2c1. The normalized spacial score (nSPS) is 15.2. The molecule has 0 unspecified atom stereocenters. The van der Waals surface area contributed by atoms with Gasteiger partial charge in [-0.1, -0.05) is 6.92 Å². The lowest BCUT2D eigenvalue weighted by atomic mass is 10.1. The maximum atomic E-state index is 12.3. The number of rotatable bonds is 7. The van der Waals surface area contributed by atoms with E-state index in [0.717, 1.165) is 53.1 Å². The number of fused-ring (bicyclic) bond motifs is 1. The molecule has 0 radical (unpaired) electrons. The summed E-state index contributed by atoms with van der Waals surface area (Å²) in [5.74, 6) is 0.405. The van der Waals surface area contributed by atoms with Crippen LogP contribution >= 0.6 is 22.6 Å². The van der Waals surface area contributed by atoms with Crippen LogP contribution in [0.2, 0.25) is 0 Å². The lowest BCUT2D eigenvalue weighted by Gasteiger charge is -2.25. The number of benzene rings is 2. The Balaban J connectivity index is 1.63. The van der Waals surface area contributed by atoms with Crippen molar-refractivity contribution in [1.29, 1.82) is 0 Å². The van der Waals surface area contributed by atoms with Gasteiger partial charge < -0.3 is 19.8 Å². The molecule has 1 aliphatic heterocycles. The van der Waals surface area contributed by atoms with Crippen LogP contribution in [-0.2, 0) is 4.74 Å². The third-order valence-electron chi connectivity index (χ3n) is 5.29. The zero-order valence-electron chi connectivity index (χ0n) is 18.3. The zero-order chi connectivity index (χ0) is 22.5. The number of halogens is 1. The number of nitrogens with zero attached hydrogens (tertiary/aromatic N) is 2. The van der Waals surface area contributed by atoms with Gasteiger partial charge in [-0.25, -0.2) is 9.98 Å². The van der Waals surface area contributed by atoms with Crippen LogP contribution in [0.5, 0.6) is 0 Å². The molecule has 2 aromatic carbocycles. The molecule has 8 heteroatoms. The Bertz CT molecular complexity index is 1130. The van der Waals surface area contributed by atoms with Crippen molar-refractivity contribution < 1.29 is 13.9 Å². The molecule has 32 heavy (non-hydrogen) atoms. The standard InChI is InChI=1S/C24H27IN4O3/c1-3-10-26-23(30)16-5-7-22-21(13-16)29-24(32-22)17-4-6-19(20(14-17)27-15(2)25)28-18-8-11-31-12-9-18/h4-7,13-14,18,28H,3,8-12H2,1-2H3,(H,26,30)/b27-15-. The van der Waals surface area contributed by atoms with Crippen LogP contribution in [0, 0.1) is 0 Å². The number of carbonyl (C=O) groups is 1. The number of hydrogen-bond donors (Lipinski definition) is 2. The fourth-order valence-corrected chi connectivity index (χ4v) is 3.90. The molecule has 4 rings (SSSR count). The van der Waals surface area contributed by atoms with E-state index in [0.29, 0.717) is 35.1 Å². The van der Waals surface area contributed by atoms with E-state index in [1.807, 2.05) is 32.0 Å². The Morgan fingerprint density at radius 2 is 2.03 bits per heavy atom. The molecule has 1 amide bonds. The largest absolute Gasteiger partial charge is 0.436 e. The van der Waals surface area contributed by atoms with Crippen molar-refractivity contribution in [2.75, 3.05) is 25.1 Å². The van der Waals surface area contributed by atoms with Gasteiger partial charge in [-0.3, -0.25) is 4.79 Å². The molecule has 1 saturated heterocycles. The molecular formula is C24H27IN4O3. The van der Waals surface area contributed by atoms with E-state index >= 15 is 0 Å². The Morgan fingerprint density at radius 1 is 1.22 bits per heavy atom. The maximum absolute atomic E-state index is 12.3. The smallest absolute Gasteiger partial charge is 0.251 e. The quantitative estimate of drug-likeness (QED) is 0.293. The number of aliphatic imine (C=N–C) groups is 1.